The van der Waals surface area contributed by atoms with Crippen molar-refractivity contribution in [1.29, 1.82) is 0 Å². The molecule has 2 fully saturated rings. The molecule has 1 saturated carbocycles. The van der Waals surface area contributed by atoms with Crippen LogP contribution in [0.1, 0.15) is 50.5 Å². The van der Waals surface area contributed by atoms with E-state index in [4.69, 9.17) is 15.3 Å². The Balaban J connectivity index is 1.38. The van der Waals surface area contributed by atoms with Gasteiger partial charge in [-0.3, -0.25) is 15.1 Å². The number of benzene rings is 1. The van der Waals surface area contributed by atoms with Crippen LogP contribution in [0.25, 0.3) is 5.70 Å². The van der Waals surface area contributed by atoms with Crippen molar-refractivity contribution in [2.45, 2.75) is 56.1 Å². The van der Waals surface area contributed by atoms with E-state index in [2.05, 4.69) is 11.6 Å². The van der Waals surface area contributed by atoms with E-state index >= 15 is 0 Å². The van der Waals surface area contributed by atoms with Crippen LogP contribution in [-0.2, 0) is 14.4 Å². The van der Waals surface area contributed by atoms with Gasteiger partial charge >= 0.3 is 6.09 Å². The van der Waals surface area contributed by atoms with Gasteiger partial charge in [-0.15, -0.1) is 0 Å². The molecule has 7 heteroatoms. The molecule has 0 unspecified atom stereocenters. The summed E-state index contributed by atoms with van der Waals surface area (Å²) in [5.74, 6) is -0.534. The third-order valence-corrected chi connectivity index (χ3v) is 6.12. The van der Waals surface area contributed by atoms with Gasteiger partial charge in [-0.05, 0) is 37.3 Å². The fourth-order valence-corrected chi connectivity index (χ4v) is 4.31. The number of hydrogen-bond acceptors (Lipinski definition) is 5. The number of primary amides is 1. The number of carbonyl (C=O) groups is 2. The van der Waals surface area contributed by atoms with Gasteiger partial charge in [0.05, 0.1) is 5.70 Å². The van der Waals surface area contributed by atoms with Gasteiger partial charge in [-0.2, -0.15) is 0 Å². The number of nitrogens with zero attached hydrogens (tertiary/aromatic N) is 1. The summed E-state index contributed by atoms with van der Waals surface area (Å²) < 4.78 is 5.66. The van der Waals surface area contributed by atoms with Crippen molar-refractivity contribution in [2.75, 3.05) is 13.1 Å². The molecule has 3 N–H and O–H groups in total. The number of hydrogen-bond donors (Lipinski definition) is 2. The van der Waals surface area contributed by atoms with Crippen LogP contribution in [0, 0.1) is 0 Å². The molecular weight excluding hydrogens is 358 g/mol. The van der Waals surface area contributed by atoms with Gasteiger partial charge in [-0.1, -0.05) is 36.8 Å². The summed E-state index contributed by atoms with van der Waals surface area (Å²) in [4.78, 5) is 32.2. The molecule has 0 aromatic heterocycles. The first-order valence-corrected chi connectivity index (χ1v) is 10.0. The van der Waals surface area contributed by atoms with Gasteiger partial charge in [0, 0.05) is 25.9 Å². The molecule has 3 aliphatic rings. The second-order valence-corrected chi connectivity index (χ2v) is 7.97. The normalized spacial score (nSPS) is 23.0. The van der Waals surface area contributed by atoms with Crippen molar-refractivity contribution in [1.82, 2.24) is 10.4 Å². The van der Waals surface area contributed by atoms with Crippen molar-refractivity contribution in [3.8, 4) is 0 Å². The van der Waals surface area contributed by atoms with Crippen molar-refractivity contribution in [3.05, 3.63) is 42.0 Å². The average Bonchev–Trinajstić information content (AvgIpc) is 3.13. The Bertz CT molecular complexity index is 763. The van der Waals surface area contributed by atoms with E-state index in [0.29, 0.717) is 38.8 Å². The van der Waals surface area contributed by atoms with Gasteiger partial charge in [-0.25, -0.2) is 4.79 Å². The predicted octanol–water partition coefficient (Wildman–Crippen LogP) is 2.72. The maximum atomic E-state index is 12.7. The number of nitrogens with two attached hydrogens (primary N) is 1. The van der Waals surface area contributed by atoms with Gasteiger partial charge in [0.2, 0.25) is 0 Å². The van der Waals surface area contributed by atoms with Crippen LogP contribution in [0.4, 0.5) is 4.79 Å². The Morgan fingerprint density at radius 3 is 2.36 bits per heavy atom. The van der Waals surface area contributed by atoms with Gasteiger partial charge in [0.15, 0.2) is 5.60 Å². The molecule has 0 bridgehead atoms. The molecule has 2 aliphatic heterocycles. The quantitative estimate of drug-likeness (QED) is 0.834. The summed E-state index contributed by atoms with van der Waals surface area (Å²) in [6, 6.07) is 10.0. The van der Waals surface area contributed by atoms with Gasteiger partial charge in [0.25, 0.3) is 5.91 Å². The SMILES string of the molecule is NC(=O)C1(OC(=O)N2CCC3(C=C(c4ccccc4)NO3)CC2)CCCCC1. The minimum atomic E-state index is -1.14. The second-order valence-electron chi connectivity index (χ2n) is 7.97. The number of rotatable bonds is 3. The van der Waals surface area contributed by atoms with E-state index < -0.39 is 23.2 Å². The van der Waals surface area contributed by atoms with Crippen molar-refractivity contribution >= 4 is 17.7 Å². The van der Waals surface area contributed by atoms with Crippen LogP contribution in [0.3, 0.4) is 0 Å². The van der Waals surface area contributed by atoms with E-state index in [-0.39, 0.29) is 0 Å². The molecule has 1 spiro atoms. The summed E-state index contributed by atoms with van der Waals surface area (Å²) in [5, 5.41) is 0. The highest BCUT2D eigenvalue weighted by Crippen LogP contribution is 2.36. The summed E-state index contributed by atoms with van der Waals surface area (Å²) in [7, 11) is 0. The molecule has 0 atom stereocenters. The summed E-state index contributed by atoms with van der Waals surface area (Å²) in [6.45, 7) is 1.02. The third kappa shape index (κ3) is 3.58. The Labute approximate surface area is 164 Å². The van der Waals surface area contributed by atoms with E-state index in [0.717, 1.165) is 30.5 Å². The molecule has 1 aliphatic carbocycles. The molecule has 4 rings (SSSR count). The molecular formula is C21H27N3O4. The number of hydroxylamine groups is 1. The zero-order valence-electron chi connectivity index (χ0n) is 16.0. The largest absolute Gasteiger partial charge is 0.433 e. The van der Waals surface area contributed by atoms with E-state index in [9.17, 15) is 9.59 Å². The van der Waals surface area contributed by atoms with E-state index in [1.165, 1.54) is 0 Å². The molecule has 1 aromatic carbocycles. The fraction of sp³-hybridized carbons (Fsp3) is 0.524. The maximum absolute atomic E-state index is 12.7. The molecule has 1 aromatic rings. The lowest BCUT2D eigenvalue weighted by molar-refractivity contribution is -0.142. The van der Waals surface area contributed by atoms with Crippen LogP contribution in [0.5, 0.6) is 0 Å². The van der Waals surface area contributed by atoms with Gasteiger partial charge < -0.3 is 15.4 Å². The standard InChI is InChI=1S/C21H27N3O4/c22-18(25)21(9-5-2-6-10-21)27-19(26)24-13-11-20(12-14-24)15-17(23-28-20)16-7-3-1-4-8-16/h1,3-4,7-8,15,23H,2,5-6,9-14H2,(H2,22,25). The number of amides is 2. The molecule has 0 radical (unpaired) electrons. The van der Waals surface area contributed by atoms with Crippen molar-refractivity contribution in [3.63, 3.8) is 0 Å². The van der Waals surface area contributed by atoms with Crippen LogP contribution in [0.2, 0.25) is 0 Å². The first-order valence-electron chi connectivity index (χ1n) is 10.0. The number of ether oxygens (including phenoxy) is 1. The first-order chi connectivity index (χ1) is 13.5. The Hall–Kier alpha value is -2.54. The summed E-state index contributed by atoms with van der Waals surface area (Å²) in [6.07, 6.45) is 6.76. The molecule has 2 amide bonds. The Kier molecular flexibility index (Phi) is 5.02. The van der Waals surface area contributed by atoms with E-state index in [1.807, 2.05) is 30.3 Å². The van der Waals surface area contributed by atoms with Crippen LogP contribution in [0.15, 0.2) is 36.4 Å². The Morgan fingerprint density at radius 2 is 1.71 bits per heavy atom. The minimum absolute atomic E-state index is 0.422. The number of piperidine rings is 1. The monoisotopic (exact) mass is 385 g/mol. The fourth-order valence-electron chi connectivity index (χ4n) is 4.31. The van der Waals surface area contributed by atoms with Crippen LogP contribution >= 0.6 is 0 Å². The van der Waals surface area contributed by atoms with Crippen LogP contribution < -0.4 is 11.2 Å². The highest BCUT2D eigenvalue weighted by Gasteiger charge is 2.45. The molecule has 1 saturated heterocycles. The number of likely N-dealkylation sites (tertiary alicyclic amines) is 1. The molecule has 2 heterocycles. The highest BCUT2D eigenvalue weighted by atomic mass is 16.7. The molecule has 150 valence electrons. The smallest absolute Gasteiger partial charge is 0.410 e. The lowest BCUT2D eigenvalue weighted by Crippen LogP contribution is -2.53. The maximum Gasteiger partial charge on any atom is 0.410 e. The first kappa shape index (κ1) is 18.8. The van der Waals surface area contributed by atoms with Crippen molar-refractivity contribution < 1.29 is 19.2 Å². The van der Waals surface area contributed by atoms with Gasteiger partial charge in [0.1, 0.15) is 5.60 Å². The Morgan fingerprint density at radius 1 is 1.04 bits per heavy atom. The second kappa shape index (κ2) is 7.47. The predicted molar refractivity (Wildman–Crippen MR) is 104 cm³/mol. The van der Waals surface area contributed by atoms with Crippen LogP contribution in [-0.4, -0.2) is 41.2 Å². The third-order valence-electron chi connectivity index (χ3n) is 6.12. The highest BCUT2D eigenvalue weighted by molar-refractivity contribution is 5.86. The average molecular weight is 385 g/mol. The lowest BCUT2D eigenvalue weighted by atomic mass is 9.84. The molecule has 7 nitrogen and oxygen atoms in total. The zero-order valence-corrected chi connectivity index (χ0v) is 16.0. The number of carbonyl (C=O) groups excluding carboxylic acids is 2. The summed E-state index contributed by atoms with van der Waals surface area (Å²) >= 11 is 0. The zero-order chi connectivity index (χ0) is 19.6. The lowest BCUT2D eigenvalue weighted by Gasteiger charge is -2.39. The van der Waals surface area contributed by atoms with Crippen molar-refractivity contribution in [2.24, 2.45) is 5.73 Å². The topological polar surface area (TPSA) is 93.9 Å². The summed E-state index contributed by atoms with van der Waals surface area (Å²) in [5.41, 5.74) is 9.06. The minimum Gasteiger partial charge on any atom is -0.433 e. The molecule has 28 heavy (non-hydrogen) atoms. The number of nitrogens with one attached hydrogen (secondary N) is 1. The van der Waals surface area contributed by atoms with E-state index in [1.54, 1.807) is 4.90 Å².